The maximum Gasteiger partial charge on any atom is 0.339 e. The van der Waals surface area contributed by atoms with Crippen molar-refractivity contribution in [2.45, 2.75) is 6.54 Å². The topological polar surface area (TPSA) is 128 Å². The van der Waals surface area contributed by atoms with Gasteiger partial charge in [0.1, 0.15) is 16.9 Å². The highest BCUT2D eigenvalue weighted by Gasteiger charge is 2.16. The van der Waals surface area contributed by atoms with E-state index in [0.29, 0.717) is 17.0 Å². The molecule has 0 saturated carbocycles. The first-order valence-corrected chi connectivity index (χ1v) is 9.89. The molecule has 2 heterocycles. The SMILES string of the molecule is O=C(O)c1ccc(C2=NC(=Cc3c(O)n(Cc4ccccc4)c(=S)[nH]c3=O)C=C2)cc1O. The molecule has 0 atom stereocenters. The number of aromatic carboxylic acids is 1. The molecule has 0 bridgehead atoms. The van der Waals surface area contributed by atoms with Crippen LogP contribution in [-0.2, 0) is 6.54 Å². The van der Waals surface area contributed by atoms with Gasteiger partial charge in [0.15, 0.2) is 4.77 Å². The summed E-state index contributed by atoms with van der Waals surface area (Å²) < 4.78 is 1.52. The van der Waals surface area contributed by atoms with E-state index in [9.17, 15) is 19.8 Å². The van der Waals surface area contributed by atoms with E-state index in [0.717, 1.165) is 5.56 Å². The van der Waals surface area contributed by atoms with Gasteiger partial charge < -0.3 is 15.3 Å². The number of H-pyrrole nitrogens is 1. The average molecular weight is 447 g/mol. The van der Waals surface area contributed by atoms with Crippen LogP contribution < -0.4 is 5.56 Å². The highest BCUT2D eigenvalue weighted by molar-refractivity contribution is 7.71. The minimum atomic E-state index is -1.23. The van der Waals surface area contributed by atoms with E-state index in [1.54, 1.807) is 12.2 Å². The van der Waals surface area contributed by atoms with Gasteiger partial charge in [0.05, 0.1) is 18.0 Å². The maximum atomic E-state index is 12.4. The number of benzene rings is 2. The Morgan fingerprint density at radius 1 is 1.12 bits per heavy atom. The molecular formula is C23H17N3O5S. The predicted molar refractivity (Wildman–Crippen MR) is 122 cm³/mol. The first kappa shape index (κ1) is 21.0. The molecule has 9 heteroatoms. The lowest BCUT2D eigenvalue weighted by Gasteiger charge is -2.11. The monoisotopic (exact) mass is 447 g/mol. The third kappa shape index (κ3) is 4.14. The summed E-state index contributed by atoms with van der Waals surface area (Å²) in [5.41, 5.74) is 1.51. The van der Waals surface area contributed by atoms with Gasteiger partial charge in [-0.05, 0) is 48.1 Å². The Labute approximate surface area is 186 Å². The Hall–Kier alpha value is -4.24. The molecule has 1 aliphatic rings. The number of carbonyl (C=O) groups is 1. The number of phenols is 1. The van der Waals surface area contributed by atoms with E-state index in [1.807, 2.05) is 30.3 Å². The fraction of sp³-hybridized carbons (Fsp3) is 0.0435. The summed E-state index contributed by atoms with van der Waals surface area (Å²) in [7, 11) is 0. The smallest absolute Gasteiger partial charge is 0.339 e. The normalized spacial score (nSPS) is 14.0. The van der Waals surface area contributed by atoms with Crippen molar-refractivity contribution in [3.8, 4) is 11.6 Å². The van der Waals surface area contributed by atoms with E-state index in [-0.39, 0.29) is 34.1 Å². The summed E-state index contributed by atoms with van der Waals surface area (Å²) in [4.78, 5) is 30.5. The van der Waals surface area contributed by atoms with Crippen molar-refractivity contribution in [1.29, 1.82) is 0 Å². The Kier molecular flexibility index (Phi) is 5.57. The molecule has 8 nitrogen and oxygen atoms in total. The fourth-order valence-electron chi connectivity index (χ4n) is 3.26. The zero-order valence-electron chi connectivity index (χ0n) is 16.5. The third-order valence-corrected chi connectivity index (χ3v) is 5.19. The number of carboxylic acid groups (broad SMARTS) is 1. The molecule has 160 valence electrons. The summed E-state index contributed by atoms with van der Waals surface area (Å²) >= 11 is 5.21. The molecule has 1 aromatic heterocycles. The number of aromatic nitrogens is 2. The number of carboxylic acids is 1. The van der Waals surface area contributed by atoms with Crippen molar-refractivity contribution in [1.82, 2.24) is 9.55 Å². The molecule has 0 fully saturated rings. The molecule has 0 saturated heterocycles. The van der Waals surface area contributed by atoms with Gasteiger partial charge in [-0.1, -0.05) is 36.4 Å². The van der Waals surface area contributed by atoms with Crippen molar-refractivity contribution in [3.05, 3.63) is 104 Å². The van der Waals surface area contributed by atoms with E-state index in [2.05, 4.69) is 9.98 Å². The van der Waals surface area contributed by atoms with Gasteiger partial charge in [0.2, 0.25) is 5.88 Å². The van der Waals surface area contributed by atoms with Crippen LogP contribution in [0.15, 0.2) is 76.2 Å². The van der Waals surface area contributed by atoms with Gasteiger partial charge in [-0.3, -0.25) is 14.3 Å². The number of hydrogen-bond donors (Lipinski definition) is 4. The van der Waals surface area contributed by atoms with Gasteiger partial charge >= 0.3 is 5.97 Å². The van der Waals surface area contributed by atoms with Gasteiger partial charge in [-0.2, -0.15) is 0 Å². The van der Waals surface area contributed by atoms with Crippen molar-refractivity contribution >= 4 is 30.0 Å². The van der Waals surface area contributed by atoms with Gasteiger partial charge in [-0.25, -0.2) is 9.79 Å². The molecule has 0 unspecified atom stereocenters. The quantitative estimate of drug-likeness (QED) is 0.444. The molecule has 2 aromatic carbocycles. The number of hydrogen-bond acceptors (Lipinski definition) is 6. The molecule has 0 spiro atoms. The molecule has 4 N–H and O–H groups in total. The second-order valence-electron chi connectivity index (χ2n) is 7.00. The fourth-order valence-corrected chi connectivity index (χ4v) is 3.50. The van der Waals surface area contributed by atoms with E-state index >= 15 is 0 Å². The van der Waals surface area contributed by atoms with Crippen molar-refractivity contribution in [2.75, 3.05) is 0 Å². The van der Waals surface area contributed by atoms with Crippen LogP contribution in [-0.4, -0.2) is 36.6 Å². The molecule has 4 rings (SSSR count). The predicted octanol–water partition coefficient (Wildman–Crippen LogP) is 3.46. The second kappa shape index (κ2) is 8.48. The minimum Gasteiger partial charge on any atom is -0.507 e. The highest BCUT2D eigenvalue weighted by Crippen LogP contribution is 2.24. The Balaban J connectivity index is 1.70. The summed E-state index contributed by atoms with van der Waals surface area (Å²) in [5, 5.41) is 29.7. The van der Waals surface area contributed by atoms with Crippen LogP contribution in [0.25, 0.3) is 6.08 Å². The van der Waals surface area contributed by atoms with Crippen LogP contribution in [0, 0.1) is 4.77 Å². The lowest BCUT2D eigenvalue weighted by Crippen LogP contribution is -2.17. The average Bonchev–Trinajstić information content (AvgIpc) is 3.23. The highest BCUT2D eigenvalue weighted by atomic mass is 32.1. The van der Waals surface area contributed by atoms with Gasteiger partial charge in [0, 0.05) is 5.56 Å². The zero-order valence-corrected chi connectivity index (χ0v) is 17.3. The largest absolute Gasteiger partial charge is 0.507 e. The number of allylic oxidation sites excluding steroid dienone is 2. The van der Waals surface area contributed by atoms with Crippen molar-refractivity contribution in [2.24, 2.45) is 4.99 Å². The van der Waals surface area contributed by atoms with Crippen molar-refractivity contribution in [3.63, 3.8) is 0 Å². The Morgan fingerprint density at radius 2 is 1.88 bits per heavy atom. The minimum absolute atomic E-state index is 0.00301. The van der Waals surface area contributed by atoms with Gasteiger partial charge in [-0.15, -0.1) is 0 Å². The first-order valence-electron chi connectivity index (χ1n) is 9.48. The van der Waals surface area contributed by atoms with Crippen LogP contribution in [0.4, 0.5) is 0 Å². The van der Waals surface area contributed by atoms with E-state index in [4.69, 9.17) is 17.3 Å². The van der Waals surface area contributed by atoms with Gasteiger partial charge in [0.25, 0.3) is 5.56 Å². The number of nitrogens with one attached hydrogen (secondary N) is 1. The summed E-state index contributed by atoms with van der Waals surface area (Å²) in [5.74, 6) is -1.89. The Morgan fingerprint density at radius 3 is 2.56 bits per heavy atom. The number of aromatic hydroxyl groups is 2. The molecular weight excluding hydrogens is 430 g/mol. The second-order valence-corrected chi connectivity index (χ2v) is 7.39. The van der Waals surface area contributed by atoms with Crippen LogP contribution in [0.5, 0.6) is 11.6 Å². The molecule has 3 aromatic rings. The van der Waals surface area contributed by atoms with Crippen LogP contribution in [0.2, 0.25) is 0 Å². The standard InChI is InChI=1S/C23H17N3O5S/c27-19-10-14(6-8-16(19)22(30)31)18-9-7-15(24-18)11-17-20(28)25-23(32)26(21(17)29)12-13-4-2-1-3-5-13/h1-11,27,29H,12H2,(H,30,31)(H,25,28,32). The van der Waals surface area contributed by atoms with Crippen molar-refractivity contribution < 1.29 is 20.1 Å². The number of nitrogens with zero attached hydrogens (tertiary/aromatic N) is 2. The zero-order chi connectivity index (χ0) is 22.8. The van der Waals surface area contributed by atoms with Crippen LogP contribution in [0.3, 0.4) is 0 Å². The number of rotatable bonds is 5. The molecule has 0 radical (unpaired) electrons. The number of aliphatic imine (C=N–C) groups is 1. The first-order chi connectivity index (χ1) is 15.3. The maximum absolute atomic E-state index is 12.4. The Bertz CT molecular complexity index is 1430. The molecule has 0 amide bonds. The summed E-state index contributed by atoms with van der Waals surface area (Å²) in [6.07, 6.45) is 4.73. The van der Waals surface area contributed by atoms with E-state index in [1.165, 1.54) is 28.8 Å². The molecule has 1 aliphatic heterocycles. The van der Waals surface area contributed by atoms with Crippen LogP contribution in [0.1, 0.15) is 27.0 Å². The molecule has 32 heavy (non-hydrogen) atoms. The summed E-state index contributed by atoms with van der Waals surface area (Å²) in [6.45, 7) is 0.276. The van der Waals surface area contributed by atoms with Crippen LogP contribution >= 0.6 is 12.2 Å². The third-order valence-electron chi connectivity index (χ3n) is 4.87. The lowest BCUT2D eigenvalue weighted by molar-refractivity contribution is 0.0693. The molecule has 0 aliphatic carbocycles. The number of aromatic amines is 1. The van der Waals surface area contributed by atoms with E-state index < -0.39 is 11.5 Å². The summed E-state index contributed by atoms with van der Waals surface area (Å²) in [6, 6.07) is 13.5. The lowest BCUT2D eigenvalue weighted by atomic mass is 10.1.